The number of aromatic nitrogens is 1. The van der Waals surface area contributed by atoms with Gasteiger partial charge >= 0.3 is 0 Å². The van der Waals surface area contributed by atoms with Crippen LogP contribution in [0.4, 0.5) is 0 Å². The maximum Gasteiger partial charge on any atom is 0.183 e. The minimum Gasteiger partial charge on any atom is -0.256 e. The lowest BCUT2D eigenvalue weighted by atomic mass is 9.24. The maximum atomic E-state index is 5.09. The van der Waals surface area contributed by atoms with E-state index in [1.165, 1.54) is 82.2 Å². The van der Waals surface area contributed by atoms with Crippen LogP contribution in [-0.4, -0.2) is 11.7 Å². The molecule has 4 aromatic carbocycles. The lowest BCUT2D eigenvalue weighted by Gasteiger charge is -2.41. The van der Waals surface area contributed by atoms with E-state index in [-0.39, 0.29) is 0 Å². The summed E-state index contributed by atoms with van der Waals surface area (Å²) in [4.78, 5) is 5.09. The summed E-state index contributed by atoms with van der Waals surface area (Å²) in [6.07, 6.45) is 10.5. The van der Waals surface area contributed by atoms with E-state index in [0.29, 0.717) is 6.71 Å². The number of benzene rings is 4. The highest BCUT2D eigenvalue weighted by Gasteiger charge is 2.41. The molecule has 5 aromatic rings. The Balaban J connectivity index is 1.34. The molecule has 35 heavy (non-hydrogen) atoms. The van der Waals surface area contributed by atoms with Gasteiger partial charge in [-0.05, 0) is 44.8 Å². The summed E-state index contributed by atoms with van der Waals surface area (Å²) in [6, 6.07) is 33.4. The fourth-order valence-corrected chi connectivity index (χ4v) is 7.23. The highest BCUT2D eigenvalue weighted by Crippen LogP contribution is 2.46. The molecule has 0 aliphatic carbocycles. The Morgan fingerprint density at radius 1 is 0.629 bits per heavy atom. The average molecular weight is 451 g/mol. The molecule has 170 valence electrons. The predicted octanol–water partition coefficient (Wildman–Crippen LogP) is 8.53. The van der Waals surface area contributed by atoms with Gasteiger partial charge in [0.25, 0.3) is 0 Å². The van der Waals surface area contributed by atoms with Crippen LogP contribution >= 0.6 is 0 Å². The van der Waals surface area contributed by atoms with Gasteiger partial charge in [0.15, 0.2) is 6.71 Å². The predicted molar refractivity (Wildman–Crippen MR) is 151 cm³/mol. The third-order valence-electron chi connectivity index (χ3n) is 8.73. The second kappa shape index (κ2) is 8.68. The summed E-state index contributed by atoms with van der Waals surface area (Å²) in [7, 11) is 0. The summed E-state index contributed by atoms with van der Waals surface area (Å²) in [5, 5.41) is 5.13. The normalized spacial score (nSPS) is 19.8. The van der Waals surface area contributed by atoms with Crippen molar-refractivity contribution in [1.29, 1.82) is 0 Å². The zero-order valence-corrected chi connectivity index (χ0v) is 20.2. The molecule has 0 N–H and O–H groups in total. The van der Waals surface area contributed by atoms with Gasteiger partial charge in [-0.3, -0.25) is 4.98 Å². The van der Waals surface area contributed by atoms with Crippen LogP contribution in [0.3, 0.4) is 0 Å². The Hall–Kier alpha value is -3.39. The van der Waals surface area contributed by atoms with Crippen molar-refractivity contribution >= 4 is 33.7 Å². The van der Waals surface area contributed by atoms with Crippen LogP contribution in [0, 0.1) is 0 Å². The van der Waals surface area contributed by atoms with Gasteiger partial charge in [0.2, 0.25) is 0 Å². The lowest BCUT2D eigenvalue weighted by molar-refractivity contribution is 0.448. The molecule has 0 atom stereocenters. The first-order chi connectivity index (χ1) is 17.4. The largest absolute Gasteiger partial charge is 0.256 e. The molecule has 3 heterocycles. The zero-order chi connectivity index (χ0) is 23.2. The van der Waals surface area contributed by atoms with Gasteiger partial charge < -0.3 is 0 Å². The van der Waals surface area contributed by atoms with E-state index in [1.54, 1.807) is 0 Å². The number of hydrogen-bond donors (Lipinski definition) is 0. The molecule has 2 saturated heterocycles. The SMILES string of the molecule is c1ccc(-c2ccc(-c3c4ccccc4cc4ccccc34)cn2)c(B2C3CCCC2CCC3)c1. The molecule has 0 saturated carbocycles. The Labute approximate surface area is 208 Å². The third-order valence-corrected chi connectivity index (χ3v) is 8.73. The molecular weight excluding hydrogens is 421 g/mol. The van der Waals surface area contributed by atoms with Crippen LogP contribution in [0.2, 0.25) is 11.6 Å². The molecule has 2 heteroatoms. The molecule has 2 aliphatic rings. The number of pyridine rings is 1. The monoisotopic (exact) mass is 451 g/mol. The van der Waals surface area contributed by atoms with Gasteiger partial charge in [-0.2, -0.15) is 0 Å². The summed E-state index contributed by atoms with van der Waals surface area (Å²) in [5.74, 6) is 1.70. The van der Waals surface area contributed by atoms with Crippen molar-refractivity contribution in [3.8, 4) is 22.4 Å². The average Bonchev–Trinajstić information content (AvgIpc) is 2.91. The summed E-state index contributed by atoms with van der Waals surface area (Å²) >= 11 is 0. The maximum absolute atomic E-state index is 5.09. The molecule has 2 bridgehead atoms. The quantitative estimate of drug-likeness (QED) is 0.198. The number of fused-ring (bicyclic) bond motifs is 4. The van der Waals surface area contributed by atoms with Gasteiger partial charge in [-0.1, -0.05) is 134 Å². The van der Waals surface area contributed by atoms with Gasteiger partial charge in [0.1, 0.15) is 0 Å². The molecule has 2 aliphatic heterocycles. The molecule has 1 nitrogen and oxygen atoms in total. The van der Waals surface area contributed by atoms with Crippen molar-refractivity contribution in [1.82, 2.24) is 4.98 Å². The number of hydrogen-bond acceptors (Lipinski definition) is 1. The summed E-state index contributed by atoms with van der Waals surface area (Å²) in [6.45, 7) is 0.706. The highest BCUT2D eigenvalue weighted by atomic mass is 14.7. The van der Waals surface area contributed by atoms with Gasteiger partial charge in [0, 0.05) is 11.8 Å². The van der Waals surface area contributed by atoms with E-state index in [1.807, 2.05) is 0 Å². The first-order valence-corrected chi connectivity index (χ1v) is 13.3. The smallest absolute Gasteiger partial charge is 0.183 e. The van der Waals surface area contributed by atoms with E-state index >= 15 is 0 Å². The fraction of sp³-hybridized carbons (Fsp3) is 0.242. The Morgan fingerprint density at radius 2 is 1.23 bits per heavy atom. The summed E-state index contributed by atoms with van der Waals surface area (Å²) < 4.78 is 0. The van der Waals surface area contributed by atoms with Crippen molar-refractivity contribution in [2.45, 2.75) is 50.2 Å². The summed E-state index contributed by atoms with van der Waals surface area (Å²) in [5.41, 5.74) is 6.46. The van der Waals surface area contributed by atoms with Gasteiger partial charge in [-0.25, -0.2) is 0 Å². The van der Waals surface area contributed by atoms with Gasteiger partial charge in [0.05, 0.1) is 5.69 Å². The lowest BCUT2D eigenvalue weighted by Crippen LogP contribution is -2.45. The number of nitrogens with zero attached hydrogens (tertiary/aromatic N) is 1. The highest BCUT2D eigenvalue weighted by molar-refractivity contribution is 6.77. The molecule has 0 spiro atoms. The second-order valence-corrected chi connectivity index (χ2v) is 10.6. The van der Waals surface area contributed by atoms with Crippen molar-refractivity contribution in [3.05, 3.63) is 97.2 Å². The minimum atomic E-state index is 0.706. The first-order valence-electron chi connectivity index (χ1n) is 13.3. The molecule has 0 radical (unpaired) electrons. The zero-order valence-electron chi connectivity index (χ0n) is 20.2. The van der Waals surface area contributed by atoms with E-state index in [0.717, 1.165) is 17.3 Å². The van der Waals surface area contributed by atoms with Crippen LogP contribution in [0.15, 0.2) is 97.2 Å². The Morgan fingerprint density at radius 3 is 1.86 bits per heavy atom. The second-order valence-electron chi connectivity index (χ2n) is 10.6. The molecule has 7 rings (SSSR count). The third kappa shape index (κ3) is 3.59. The van der Waals surface area contributed by atoms with Crippen LogP contribution in [0.25, 0.3) is 43.9 Å². The Bertz CT molecular complexity index is 1440. The van der Waals surface area contributed by atoms with Gasteiger partial charge in [-0.15, -0.1) is 0 Å². The Kier molecular flexibility index (Phi) is 5.19. The first kappa shape index (κ1) is 20.9. The van der Waals surface area contributed by atoms with Crippen molar-refractivity contribution in [2.24, 2.45) is 0 Å². The van der Waals surface area contributed by atoms with E-state index in [9.17, 15) is 0 Å². The van der Waals surface area contributed by atoms with Crippen LogP contribution < -0.4 is 5.46 Å². The molecular formula is C33H30BN. The standard InChI is InChI=1S/C33H30BN/c1-3-15-28-23(9-1)21-24-10-2-4-16-29(24)33(28)25-19-20-32(35-22-25)30-17-5-6-18-31(30)34-26-11-7-12-27(34)14-8-13-26/h1-6,9-10,15-22,26-27H,7-8,11-14H2. The fourth-order valence-electron chi connectivity index (χ4n) is 7.23. The van der Waals surface area contributed by atoms with Crippen LogP contribution in [0.5, 0.6) is 0 Å². The molecule has 0 amide bonds. The topological polar surface area (TPSA) is 12.9 Å². The van der Waals surface area contributed by atoms with Crippen LogP contribution in [-0.2, 0) is 0 Å². The molecule has 1 aromatic heterocycles. The molecule has 0 unspecified atom stereocenters. The van der Waals surface area contributed by atoms with Crippen LogP contribution in [0.1, 0.15) is 38.5 Å². The molecule has 2 fully saturated rings. The number of rotatable bonds is 3. The van der Waals surface area contributed by atoms with E-state index in [2.05, 4.69) is 97.2 Å². The van der Waals surface area contributed by atoms with E-state index in [4.69, 9.17) is 4.98 Å². The van der Waals surface area contributed by atoms with Crippen molar-refractivity contribution in [3.63, 3.8) is 0 Å². The minimum absolute atomic E-state index is 0.706. The van der Waals surface area contributed by atoms with Crippen molar-refractivity contribution in [2.75, 3.05) is 0 Å². The van der Waals surface area contributed by atoms with E-state index < -0.39 is 0 Å². The van der Waals surface area contributed by atoms with Crippen molar-refractivity contribution < 1.29 is 0 Å².